The van der Waals surface area contributed by atoms with Crippen molar-refractivity contribution in [3.8, 4) is 0 Å². The monoisotopic (exact) mass is 445 g/mol. The highest BCUT2D eigenvalue weighted by Gasteiger charge is 2.26. The highest BCUT2D eigenvalue weighted by atomic mass is 32.2. The van der Waals surface area contributed by atoms with Crippen molar-refractivity contribution in [3.05, 3.63) is 52.8 Å². The summed E-state index contributed by atoms with van der Waals surface area (Å²) in [5, 5.41) is 3.66. The molecule has 5 nitrogen and oxygen atoms in total. The second-order valence-corrected chi connectivity index (χ2v) is 9.25. The molecule has 168 valence electrons. The molecule has 0 spiro atoms. The van der Waals surface area contributed by atoms with Crippen molar-refractivity contribution >= 4 is 23.5 Å². The van der Waals surface area contributed by atoms with Gasteiger partial charge in [-0.15, -0.1) is 11.8 Å². The Kier molecular flexibility index (Phi) is 8.32. The predicted octanol–water partition coefficient (Wildman–Crippen LogP) is 4.96. The first kappa shape index (κ1) is 23.5. The van der Waals surface area contributed by atoms with Gasteiger partial charge < -0.3 is 15.0 Å². The summed E-state index contributed by atoms with van der Waals surface area (Å²) in [6.07, 6.45) is 4.61. The fourth-order valence-corrected chi connectivity index (χ4v) is 4.93. The van der Waals surface area contributed by atoms with Gasteiger partial charge >= 0.3 is 0 Å². The number of thioether (sulfide) groups is 1. The summed E-state index contributed by atoms with van der Waals surface area (Å²) in [5.41, 5.74) is 2.23. The summed E-state index contributed by atoms with van der Waals surface area (Å²) in [6, 6.07) is 8.69. The van der Waals surface area contributed by atoms with Gasteiger partial charge in [0, 0.05) is 26.7 Å². The molecule has 1 fully saturated rings. The van der Waals surface area contributed by atoms with Gasteiger partial charge in [0.05, 0.1) is 11.7 Å². The Morgan fingerprint density at radius 3 is 2.68 bits per heavy atom. The number of ether oxygens (including phenoxy) is 1. The highest BCUT2D eigenvalue weighted by molar-refractivity contribution is 7.99. The van der Waals surface area contributed by atoms with Gasteiger partial charge in [0.2, 0.25) is 0 Å². The summed E-state index contributed by atoms with van der Waals surface area (Å²) in [4.78, 5) is 20.1. The number of amides is 1. The van der Waals surface area contributed by atoms with Gasteiger partial charge in [-0.3, -0.25) is 4.79 Å². The Morgan fingerprint density at radius 1 is 1.29 bits per heavy atom. The lowest BCUT2D eigenvalue weighted by Crippen LogP contribution is -2.37. The molecule has 1 aliphatic rings. The Balaban J connectivity index is 1.77. The predicted molar refractivity (Wildman–Crippen MR) is 124 cm³/mol. The molecule has 31 heavy (non-hydrogen) atoms. The van der Waals surface area contributed by atoms with Gasteiger partial charge in [-0.25, -0.2) is 9.37 Å². The third-order valence-corrected chi connectivity index (χ3v) is 6.76. The van der Waals surface area contributed by atoms with Crippen LogP contribution in [0.25, 0.3) is 0 Å². The largest absolute Gasteiger partial charge is 0.381 e. The van der Waals surface area contributed by atoms with Crippen molar-refractivity contribution < 1.29 is 13.9 Å². The fourth-order valence-electron chi connectivity index (χ4n) is 4.10. The van der Waals surface area contributed by atoms with Crippen LogP contribution in [-0.2, 0) is 11.3 Å². The molecule has 2 aromatic rings. The van der Waals surface area contributed by atoms with Gasteiger partial charge in [0.1, 0.15) is 16.7 Å². The van der Waals surface area contributed by atoms with Crippen LogP contribution in [0.5, 0.6) is 0 Å². The standard InChI is InChI=1S/C24H32FN3O2S/c1-5-31-24-22(23(29)26-15-17-7-6-8-18(25)14-17)16(2)13-21(27-24)28(3)19-9-11-20(30-4)12-10-19/h6-8,13-14,19-20H,5,9-12,15H2,1-4H3,(H,26,29). The van der Waals surface area contributed by atoms with Crippen LogP contribution in [0.2, 0.25) is 0 Å². The first-order valence-electron chi connectivity index (χ1n) is 10.9. The second-order valence-electron chi connectivity index (χ2n) is 8.00. The van der Waals surface area contributed by atoms with E-state index in [0.29, 0.717) is 17.7 Å². The number of anilines is 1. The number of methoxy groups -OCH3 is 1. The van der Waals surface area contributed by atoms with Crippen molar-refractivity contribution in [2.75, 3.05) is 24.8 Å². The van der Waals surface area contributed by atoms with E-state index in [9.17, 15) is 9.18 Å². The summed E-state index contributed by atoms with van der Waals surface area (Å²) >= 11 is 1.57. The maximum absolute atomic E-state index is 13.4. The van der Waals surface area contributed by atoms with E-state index in [-0.39, 0.29) is 18.3 Å². The maximum Gasteiger partial charge on any atom is 0.254 e. The van der Waals surface area contributed by atoms with Gasteiger partial charge in [-0.2, -0.15) is 0 Å². The number of carbonyl (C=O) groups excluding carboxylic acids is 1. The molecule has 1 amide bonds. The lowest BCUT2D eigenvalue weighted by Gasteiger charge is -2.35. The number of benzene rings is 1. The zero-order valence-electron chi connectivity index (χ0n) is 18.8. The van der Waals surface area contributed by atoms with Crippen LogP contribution < -0.4 is 10.2 Å². The van der Waals surface area contributed by atoms with Crippen LogP contribution in [0.3, 0.4) is 0 Å². The maximum atomic E-state index is 13.4. The SMILES string of the molecule is CCSc1nc(N(C)C2CCC(OC)CC2)cc(C)c1C(=O)NCc1cccc(F)c1. The molecule has 1 saturated carbocycles. The molecule has 0 saturated heterocycles. The molecule has 1 aliphatic carbocycles. The Hall–Kier alpha value is -2.12. The van der Waals surface area contributed by atoms with Crippen molar-refractivity contribution in [1.29, 1.82) is 0 Å². The molecule has 3 rings (SSSR count). The number of hydrogen-bond donors (Lipinski definition) is 1. The van der Waals surface area contributed by atoms with Gasteiger partial charge in [-0.1, -0.05) is 19.1 Å². The number of rotatable bonds is 8. The molecule has 1 N–H and O–H groups in total. The fraction of sp³-hybridized carbons (Fsp3) is 0.500. The van der Waals surface area contributed by atoms with E-state index in [4.69, 9.17) is 9.72 Å². The van der Waals surface area contributed by atoms with E-state index in [2.05, 4.69) is 24.2 Å². The molecular weight excluding hydrogens is 413 g/mol. The van der Waals surface area contributed by atoms with Crippen molar-refractivity contribution in [2.24, 2.45) is 0 Å². The first-order chi connectivity index (χ1) is 14.9. The number of carbonyl (C=O) groups is 1. The third kappa shape index (κ3) is 5.98. The lowest BCUT2D eigenvalue weighted by atomic mass is 9.92. The van der Waals surface area contributed by atoms with E-state index in [1.165, 1.54) is 12.1 Å². The molecule has 1 aromatic heterocycles. The Morgan fingerprint density at radius 2 is 2.03 bits per heavy atom. The highest BCUT2D eigenvalue weighted by Crippen LogP contribution is 2.31. The van der Waals surface area contributed by atoms with Crippen LogP contribution in [0.15, 0.2) is 35.4 Å². The number of nitrogens with zero attached hydrogens (tertiary/aromatic N) is 2. The zero-order chi connectivity index (χ0) is 22.4. The van der Waals surface area contributed by atoms with Gasteiger partial charge in [0.15, 0.2) is 0 Å². The van der Waals surface area contributed by atoms with Crippen molar-refractivity contribution in [2.45, 2.75) is 63.2 Å². The minimum atomic E-state index is -0.307. The number of nitrogens with one attached hydrogen (secondary N) is 1. The van der Waals surface area contributed by atoms with Gasteiger partial charge in [-0.05, 0) is 67.7 Å². The van der Waals surface area contributed by atoms with Crippen LogP contribution in [0.1, 0.15) is 54.1 Å². The quantitative estimate of drug-likeness (QED) is 0.582. The average molecular weight is 446 g/mol. The van der Waals surface area contributed by atoms with E-state index < -0.39 is 0 Å². The van der Waals surface area contributed by atoms with Crippen LogP contribution in [0, 0.1) is 12.7 Å². The average Bonchev–Trinajstić information content (AvgIpc) is 2.77. The lowest BCUT2D eigenvalue weighted by molar-refractivity contribution is 0.0659. The molecular formula is C24H32FN3O2S. The number of halogens is 1. The summed E-state index contributed by atoms with van der Waals surface area (Å²) < 4.78 is 18.9. The van der Waals surface area contributed by atoms with E-state index in [1.807, 2.05) is 13.0 Å². The zero-order valence-corrected chi connectivity index (χ0v) is 19.6. The number of hydrogen-bond acceptors (Lipinski definition) is 5. The number of aryl methyl sites for hydroxylation is 1. The van der Waals surface area contributed by atoms with E-state index in [1.54, 1.807) is 31.0 Å². The minimum absolute atomic E-state index is 0.181. The summed E-state index contributed by atoms with van der Waals surface area (Å²) in [6.45, 7) is 4.28. The molecule has 1 heterocycles. The van der Waals surface area contributed by atoms with Crippen molar-refractivity contribution in [1.82, 2.24) is 10.3 Å². The van der Waals surface area contributed by atoms with E-state index >= 15 is 0 Å². The van der Waals surface area contributed by atoms with Crippen LogP contribution >= 0.6 is 11.8 Å². The number of pyridine rings is 1. The van der Waals surface area contributed by atoms with Crippen LogP contribution in [-0.4, -0.2) is 42.9 Å². The molecule has 1 aromatic carbocycles. The molecule has 0 unspecified atom stereocenters. The number of aromatic nitrogens is 1. The summed E-state index contributed by atoms with van der Waals surface area (Å²) in [5.74, 6) is 1.23. The molecule has 7 heteroatoms. The topological polar surface area (TPSA) is 54.5 Å². The molecule has 0 atom stereocenters. The Labute approximate surface area is 188 Å². The smallest absolute Gasteiger partial charge is 0.254 e. The Bertz CT molecular complexity index is 900. The van der Waals surface area contributed by atoms with Crippen molar-refractivity contribution in [3.63, 3.8) is 0 Å². The third-order valence-electron chi connectivity index (χ3n) is 5.91. The molecule has 0 radical (unpaired) electrons. The van der Waals surface area contributed by atoms with E-state index in [0.717, 1.165) is 53.4 Å². The second kappa shape index (κ2) is 11.0. The minimum Gasteiger partial charge on any atom is -0.381 e. The molecule has 0 bridgehead atoms. The van der Waals surface area contributed by atoms with Crippen LogP contribution in [0.4, 0.5) is 10.2 Å². The molecule has 0 aliphatic heterocycles. The first-order valence-corrected chi connectivity index (χ1v) is 11.8. The normalized spacial score (nSPS) is 18.6. The van der Waals surface area contributed by atoms with Gasteiger partial charge in [0.25, 0.3) is 5.91 Å². The summed E-state index contributed by atoms with van der Waals surface area (Å²) in [7, 11) is 3.87.